The average Bonchev–Trinajstić information content (AvgIpc) is 3.17. The molecular formula is C23H29F3N6. The Morgan fingerprint density at radius 1 is 1.06 bits per heavy atom. The van der Waals surface area contributed by atoms with E-state index in [1.807, 2.05) is 26.2 Å². The summed E-state index contributed by atoms with van der Waals surface area (Å²) in [5.74, 6) is 1.06. The van der Waals surface area contributed by atoms with Gasteiger partial charge in [-0.2, -0.15) is 18.3 Å². The van der Waals surface area contributed by atoms with Gasteiger partial charge in [0.15, 0.2) is 5.65 Å². The molecule has 0 spiro atoms. The van der Waals surface area contributed by atoms with Crippen LogP contribution in [0.4, 0.5) is 13.2 Å². The first-order valence-corrected chi connectivity index (χ1v) is 11.1. The van der Waals surface area contributed by atoms with Crippen molar-refractivity contribution in [1.29, 1.82) is 0 Å². The third-order valence-electron chi connectivity index (χ3n) is 5.92. The first-order chi connectivity index (χ1) is 15.1. The van der Waals surface area contributed by atoms with E-state index in [-0.39, 0.29) is 23.4 Å². The van der Waals surface area contributed by atoms with E-state index in [1.165, 1.54) is 0 Å². The van der Waals surface area contributed by atoms with Crippen LogP contribution in [0, 0.1) is 0 Å². The topological polar surface area (TPSA) is 59.2 Å². The monoisotopic (exact) mass is 446 g/mol. The van der Waals surface area contributed by atoms with E-state index in [0.717, 1.165) is 47.9 Å². The molecule has 0 N–H and O–H groups in total. The first-order valence-electron chi connectivity index (χ1n) is 11.1. The quantitative estimate of drug-likeness (QED) is 0.542. The number of hydrogen-bond acceptors (Lipinski definition) is 5. The second-order valence-electron chi connectivity index (χ2n) is 9.24. The van der Waals surface area contributed by atoms with Crippen LogP contribution in [0.25, 0.3) is 5.65 Å². The molecule has 0 aromatic carbocycles. The molecule has 32 heavy (non-hydrogen) atoms. The summed E-state index contributed by atoms with van der Waals surface area (Å²) in [5, 5.41) is 4.36. The highest BCUT2D eigenvalue weighted by Crippen LogP contribution is 2.33. The Morgan fingerprint density at radius 2 is 1.78 bits per heavy atom. The zero-order valence-electron chi connectivity index (χ0n) is 18.9. The molecule has 0 radical (unpaired) electrons. The molecule has 1 atom stereocenters. The van der Waals surface area contributed by atoms with Crippen LogP contribution < -0.4 is 0 Å². The van der Waals surface area contributed by atoms with Crippen molar-refractivity contribution in [3.8, 4) is 0 Å². The highest BCUT2D eigenvalue weighted by atomic mass is 19.4. The van der Waals surface area contributed by atoms with Crippen LogP contribution in [0.15, 0.2) is 24.5 Å². The van der Waals surface area contributed by atoms with Gasteiger partial charge < -0.3 is 0 Å². The average molecular weight is 447 g/mol. The second kappa shape index (κ2) is 8.77. The highest BCUT2D eigenvalue weighted by Gasteiger charge is 2.36. The fourth-order valence-electron chi connectivity index (χ4n) is 4.15. The van der Waals surface area contributed by atoms with Crippen LogP contribution >= 0.6 is 0 Å². The summed E-state index contributed by atoms with van der Waals surface area (Å²) in [6, 6.07) is 2.83. The lowest BCUT2D eigenvalue weighted by Crippen LogP contribution is -2.34. The minimum absolute atomic E-state index is 0.0601. The first kappa shape index (κ1) is 22.6. The summed E-state index contributed by atoms with van der Waals surface area (Å²) in [6.07, 6.45) is 1.09. The predicted molar refractivity (Wildman–Crippen MR) is 115 cm³/mol. The molecule has 0 saturated carbocycles. The summed E-state index contributed by atoms with van der Waals surface area (Å²) in [5.41, 5.74) is 1.61. The number of fused-ring (bicyclic) bond motifs is 1. The number of rotatable bonds is 5. The lowest BCUT2D eigenvalue weighted by atomic mass is 9.94. The molecule has 1 aliphatic rings. The molecule has 3 aromatic heterocycles. The van der Waals surface area contributed by atoms with E-state index in [2.05, 4.69) is 38.8 Å². The summed E-state index contributed by atoms with van der Waals surface area (Å²) in [7, 11) is 0. The Hall–Kier alpha value is -2.55. The van der Waals surface area contributed by atoms with Gasteiger partial charge in [0.05, 0.1) is 5.69 Å². The van der Waals surface area contributed by atoms with Crippen LogP contribution in [0.2, 0.25) is 0 Å². The molecule has 4 rings (SSSR count). The van der Waals surface area contributed by atoms with Gasteiger partial charge in [-0.15, -0.1) is 0 Å². The molecule has 1 saturated heterocycles. The zero-order valence-corrected chi connectivity index (χ0v) is 18.9. The minimum Gasteiger partial charge on any atom is -0.298 e. The molecular weight excluding hydrogens is 417 g/mol. The Bertz CT molecular complexity index is 1070. The summed E-state index contributed by atoms with van der Waals surface area (Å²) in [4.78, 5) is 15.6. The summed E-state index contributed by atoms with van der Waals surface area (Å²) < 4.78 is 42.0. The van der Waals surface area contributed by atoms with Gasteiger partial charge in [-0.3, -0.25) is 4.90 Å². The molecule has 172 valence electrons. The van der Waals surface area contributed by atoms with E-state index in [1.54, 1.807) is 6.07 Å². The van der Waals surface area contributed by atoms with E-state index in [9.17, 15) is 13.2 Å². The predicted octanol–water partition coefficient (Wildman–Crippen LogP) is 5.16. The van der Waals surface area contributed by atoms with Crippen molar-refractivity contribution in [2.45, 2.75) is 71.0 Å². The maximum atomic E-state index is 13.7. The molecule has 1 fully saturated rings. The van der Waals surface area contributed by atoms with Gasteiger partial charge >= 0.3 is 6.18 Å². The van der Waals surface area contributed by atoms with Crippen LogP contribution in [0.1, 0.15) is 86.8 Å². The van der Waals surface area contributed by atoms with Gasteiger partial charge in [-0.1, -0.05) is 27.7 Å². The number of hydrogen-bond donors (Lipinski definition) is 0. The second-order valence-corrected chi connectivity index (χ2v) is 9.24. The van der Waals surface area contributed by atoms with Gasteiger partial charge in [0.25, 0.3) is 0 Å². The molecule has 9 heteroatoms. The van der Waals surface area contributed by atoms with Crippen molar-refractivity contribution in [3.05, 3.63) is 53.0 Å². The molecule has 0 aliphatic carbocycles. The van der Waals surface area contributed by atoms with Crippen molar-refractivity contribution in [1.82, 2.24) is 29.5 Å². The van der Waals surface area contributed by atoms with Crippen LogP contribution in [-0.4, -0.2) is 42.6 Å². The third-order valence-corrected chi connectivity index (χ3v) is 5.92. The molecule has 0 amide bonds. The molecule has 6 nitrogen and oxygen atoms in total. The summed E-state index contributed by atoms with van der Waals surface area (Å²) >= 11 is 0. The number of alkyl halides is 3. The van der Waals surface area contributed by atoms with E-state index in [0.29, 0.717) is 17.9 Å². The Balaban J connectivity index is 1.57. The lowest BCUT2D eigenvalue weighted by Gasteiger charge is -2.31. The van der Waals surface area contributed by atoms with E-state index >= 15 is 0 Å². The van der Waals surface area contributed by atoms with E-state index < -0.39 is 11.9 Å². The molecule has 4 heterocycles. The summed E-state index contributed by atoms with van der Waals surface area (Å²) in [6.45, 7) is 10.2. The SMILES string of the molecule is CC(C)c1cc(C(F)(F)F)n2nc(C3CCCN(Cc4cnc(C(C)C)nc4)C3)cc2n1. The standard InChI is InChI=1S/C23H29F3N6/c1-14(2)18-8-20(23(24,25)26)32-21(29-18)9-19(30-32)17-6-5-7-31(13-17)12-16-10-27-22(15(3)4)28-11-16/h8-11,14-15,17H,5-7,12-13H2,1-4H3. The van der Waals surface area contributed by atoms with Crippen molar-refractivity contribution in [3.63, 3.8) is 0 Å². The Kier molecular flexibility index (Phi) is 6.20. The van der Waals surface area contributed by atoms with E-state index in [4.69, 9.17) is 0 Å². The maximum Gasteiger partial charge on any atom is 0.433 e. The molecule has 1 unspecified atom stereocenters. The molecule has 0 bridgehead atoms. The van der Waals surface area contributed by atoms with Crippen molar-refractivity contribution in [2.24, 2.45) is 0 Å². The highest BCUT2D eigenvalue weighted by molar-refractivity contribution is 5.44. The van der Waals surface area contributed by atoms with Crippen molar-refractivity contribution >= 4 is 5.65 Å². The van der Waals surface area contributed by atoms with Crippen LogP contribution in [-0.2, 0) is 12.7 Å². The molecule has 3 aromatic rings. The smallest absolute Gasteiger partial charge is 0.298 e. The number of halogens is 3. The van der Waals surface area contributed by atoms with Crippen molar-refractivity contribution in [2.75, 3.05) is 13.1 Å². The Morgan fingerprint density at radius 3 is 2.41 bits per heavy atom. The maximum absolute atomic E-state index is 13.7. The minimum atomic E-state index is -4.49. The normalized spacial score (nSPS) is 18.2. The van der Waals surface area contributed by atoms with Crippen molar-refractivity contribution < 1.29 is 13.2 Å². The number of piperidine rings is 1. The van der Waals surface area contributed by atoms with Gasteiger partial charge in [-0.25, -0.2) is 19.5 Å². The fraction of sp³-hybridized carbons (Fsp3) is 0.565. The van der Waals surface area contributed by atoms with Gasteiger partial charge in [0.2, 0.25) is 0 Å². The largest absolute Gasteiger partial charge is 0.433 e. The number of aromatic nitrogens is 5. The number of nitrogens with zero attached hydrogens (tertiary/aromatic N) is 6. The fourth-order valence-corrected chi connectivity index (χ4v) is 4.15. The van der Waals surface area contributed by atoms with Crippen LogP contribution in [0.3, 0.4) is 0 Å². The van der Waals surface area contributed by atoms with Gasteiger partial charge in [-0.05, 0) is 31.4 Å². The Labute approximate surface area is 185 Å². The lowest BCUT2D eigenvalue weighted by molar-refractivity contribution is -0.142. The van der Waals surface area contributed by atoms with Gasteiger partial charge in [0, 0.05) is 54.6 Å². The zero-order chi connectivity index (χ0) is 23.0. The van der Waals surface area contributed by atoms with Gasteiger partial charge in [0.1, 0.15) is 11.5 Å². The van der Waals surface area contributed by atoms with Crippen LogP contribution in [0.5, 0.6) is 0 Å². The number of likely N-dealkylation sites (tertiary alicyclic amines) is 1. The molecule has 1 aliphatic heterocycles. The third kappa shape index (κ3) is 4.77.